The quantitative estimate of drug-likeness (QED) is 0.208. The second-order valence-corrected chi connectivity index (χ2v) is 7.19. The summed E-state index contributed by atoms with van der Waals surface area (Å²) in [6, 6.07) is 8.95. The van der Waals surface area contributed by atoms with Crippen molar-refractivity contribution < 1.29 is 14.8 Å². The van der Waals surface area contributed by atoms with Gasteiger partial charge in [-0.25, -0.2) is 0 Å². The molecule has 1 aromatic heterocycles. The third kappa shape index (κ3) is 3.69. The molecule has 1 aliphatic heterocycles. The van der Waals surface area contributed by atoms with Gasteiger partial charge < -0.3 is 20.5 Å². The lowest BCUT2D eigenvalue weighted by Gasteiger charge is -2.19. The van der Waals surface area contributed by atoms with Crippen molar-refractivity contribution in [1.82, 2.24) is 15.1 Å². The molecule has 0 radical (unpaired) electrons. The molecule has 0 bridgehead atoms. The first-order chi connectivity index (χ1) is 14.6. The average Bonchev–Trinajstić information content (AvgIpc) is 3.12. The molecule has 0 saturated heterocycles. The second-order valence-electron chi connectivity index (χ2n) is 7.19. The lowest BCUT2D eigenvalue weighted by atomic mass is 9.99. The summed E-state index contributed by atoms with van der Waals surface area (Å²) in [6.07, 6.45) is 2.03. The fourth-order valence-electron chi connectivity index (χ4n) is 3.67. The maximum Gasteiger partial charge on any atom is 0.293 e. The van der Waals surface area contributed by atoms with Crippen LogP contribution in [0.5, 0.6) is 5.75 Å². The Hall–Kier alpha value is -3.17. The van der Waals surface area contributed by atoms with Crippen LogP contribution in [0.25, 0.3) is 22.2 Å². The molecule has 0 unspecified atom stereocenters. The van der Waals surface area contributed by atoms with Gasteiger partial charge in [-0.3, -0.25) is 14.8 Å². The molecule has 2 aromatic carbocycles. The van der Waals surface area contributed by atoms with Gasteiger partial charge in [-0.1, -0.05) is 13.3 Å². The van der Waals surface area contributed by atoms with E-state index in [4.69, 9.17) is 14.9 Å². The van der Waals surface area contributed by atoms with Gasteiger partial charge in [0.2, 0.25) is 0 Å². The zero-order chi connectivity index (χ0) is 21.1. The zero-order valence-electron chi connectivity index (χ0n) is 16.9. The van der Waals surface area contributed by atoms with Crippen LogP contribution in [0.3, 0.4) is 0 Å². The second kappa shape index (κ2) is 8.68. The van der Waals surface area contributed by atoms with Crippen molar-refractivity contribution in [3.63, 3.8) is 0 Å². The number of ether oxygens (including phenoxy) is 1. The van der Waals surface area contributed by atoms with Crippen LogP contribution >= 0.6 is 0 Å². The van der Waals surface area contributed by atoms with Gasteiger partial charge in [-0.05, 0) is 30.7 Å². The molecule has 3 aromatic rings. The first-order valence-corrected chi connectivity index (χ1v) is 10.2. The molecule has 2 heterocycles. The number of aliphatic hydroxyl groups is 1. The number of fused-ring (bicyclic) bond motifs is 2. The largest absolute Gasteiger partial charge is 0.494 e. The molecule has 0 amide bonds. The van der Waals surface area contributed by atoms with Gasteiger partial charge >= 0.3 is 0 Å². The SMILES string of the molecule is CCCCOc1ccc2c(c1)-c1nn(CCNCCO)c3ccc([N+](=O)[O-])c(c13)N2. The van der Waals surface area contributed by atoms with E-state index in [0.29, 0.717) is 37.6 Å². The Morgan fingerprint density at radius 3 is 2.93 bits per heavy atom. The van der Waals surface area contributed by atoms with Gasteiger partial charge in [0.05, 0.1) is 35.6 Å². The summed E-state index contributed by atoms with van der Waals surface area (Å²) in [6.45, 7) is 4.54. The smallest absolute Gasteiger partial charge is 0.293 e. The highest BCUT2D eigenvalue weighted by atomic mass is 16.6. The number of hydrogen-bond donors (Lipinski definition) is 3. The van der Waals surface area contributed by atoms with Crippen molar-refractivity contribution in [2.24, 2.45) is 0 Å². The van der Waals surface area contributed by atoms with Crippen molar-refractivity contribution >= 4 is 28.0 Å². The minimum Gasteiger partial charge on any atom is -0.494 e. The van der Waals surface area contributed by atoms with Gasteiger partial charge in [0.15, 0.2) is 0 Å². The van der Waals surface area contributed by atoms with Gasteiger partial charge in [0, 0.05) is 30.4 Å². The predicted molar refractivity (Wildman–Crippen MR) is 115 cm³/mol. The molecule has 30 heavy (non-hydrogen) atoms. The number of aromatic nitrogens is 2. The molecule has 0 aliphatic carbocycles. The number of rotatable bonds is 10. The Bertz CT molecular complexity index is 1080. The molecule has 9 nitrogen and oxygen atoms in total. The third-order valence-electron chi connectivity index (χ3n) is 5.16. The minimum atomic E-state index is -0.376. The molecule has 4 rings (SSSR count). The Morgan fingerprint density at radius 2 is 2.17 bits per heavy atom. The van der Waals surface area contributed by atoms with Crippen molar-refractivity contribution in [3.8, 4) is 17.0 Å². The van der Waals surface area contributed by atoms with Crippen molar-refractivity contribution in [3.05, 3.63) is 40.4 Å². The van der Waals surface area contributed by atoms with Crippen LogP contribution in [0.4, 0.5) is 17.1 Å². The summed E-state index contributed by atoms with van der Waals surface area (Å²) in [5.41, 5.74) is 3.66. The van der Waals surface area contributed by atoms with E-state index in [2.05, 4.69) is 17.6 Å². The topological polar surface area (TPSA) is 114 Å². The highest BCUT2D eigenvalue weighted by Gasteiger charge is 2.29. The molecular formula is C21H25N5O4. The van der Waals surface area contributed by atoms with Gasteiger partial charge in [-0.15, -0.1) is 0 Å². The average molecular weight is 411 g/mol. The van der Waals surface area contributed by atoms with Crippen LogP contribution in [0.15, 0.2) is 30.3 Å². The molecule has 9 heteroatoms. The molecule has 1 aliphatic rings. The van der Waals surface area contributed by atoms with E-state index in [9.17, 15) is 10.1 Å². The van der Waals surface area contributed by atoms with E-state index < -0.39 is 0 Å². The minimum absolute atomic E-state index is 0.0237. The van der Waals surface area contributed by atoms with Crippen LogP contribution in [0.1, 0.15) is 19.8 Å². The third-order valence-corrected chi connectivity index (χ3v) is 5.16. The molecule has 0 spiro atoms. The molecule has 3 N–H and O–H groups in total. The number of unbranched alkanes of at least 4 members (excludes halogenated alkanes) is 1. The Balaban J connectivity index is 1.78. The highest BCUT2D eigenvalue weighted by Crippen LogP contribution is 2.47. The zero-order valence-corrected chi connectivity index (χ0v) is 16.9. The van der Waals surface area contributed by atoms with E-state index in [1.165, 1.54) is 6.07 Å². The summed E-state index contributed by atoms with van der Waals surface area (Å²) < 4.78 is 7.70. The summed E-state index contributed by atoms with van der Waals surface area (Å²) in [4.78, 5) is 11.2. The monoisotopic (exact) mass is 411 g/mol. The number of anilines is 2. The number of nitrogens with one attached hydrogen (secondary N) is 2. The number of aliphatic hydroxyl groups excluding tert-OH is 1. The fraction of sp³-hybridized carbons (Fsp3) is 0.381. The number of nitro benzene ring substituents is 1. The van der Waals surface area contributed by atoms with Crippen molar-refractivity contribution in [2.45, 2.75) is 26.3 Å². The fourth-order valence-corrected chi connectivity index (χ4v) is 3.67. The van der Waals surface area contributed by atoms with Crippen LogP contribution in [0, 0.1) is 10.1 Å². The lowest BCUT2D eigenvalue weighted by Crippen LogP contribution is -2.23. The Labute approximate surface area is 173 Å². The van der Waals surface area contributed by atoms with E-state index in [1.54, 1.807) is 6.07 Å². The standard InChI is InChI=1S/C21H25N5O4/c1-2-3-12-30-14-4-5-16-15(13-14)20-19-17(25(24-20)10-8-22-9-11-27)6-7-18(26(28)29)21(19)23-16/h4-7,13,22-23,27H,2-3,8-12H2,1H3. The first-order valence-electron chi connectivity index (χ1n) is 10.2. The maximum atomic E-state index is 11.6. The van der Waals surface area contributed by atoms with E-state index in [-0.39, 0.29) is 17.2 Å². The Morgan fingerprint density at radius 1 is 1.30 bits per heavy atom. The van der Waals surface area contributed by atoms with Gasteiger partial charge in [0.25, 0.3) is 5.69 Å². The van der Waals surface area contributed by atoms with Crippen LogP contribution in [-0.2, 0) is 6.54 Å². The van der Waals surface area contributed by atoms with Crippen molar-refractivity contribution in [1.29, 1.82) is 0 Å². The first kappa shape index (κ1) is 20.1. The highest BCUT2D eigenvalue weighted by molar-refractivity contribution is 6.12. The normalized spacial score (nSPS) is 11.9. The lowest BCUT2D eigenvalue weighted by molar-refractivity contribution is -0.383. The van der Waals surface area contributed by atoms with E-state index in [1.807, 2.05) is 22.9 Å². The predicted octanol–water partition coefficient (Wildman–Crippen LogP) is 3.43. The van der Waals surface area contributed by atoms with E-state index >= 15 is 0 Å². The molecule has 0 atom stereocenters. The number of hydrogen-bond acceptors (Lipinski definition) is 7. The molecule has 158 valence electrons. The summed E-state index contributed by atoms with van der Waals surface area (Å²) >= 11 is 0. The number of benzene rings is 2. The Kier molecular flexibility index (Phi) is 5.82. The van der Waals surface area contributed by atoms with Crippen LogP contribution in [0.2, 0.25) is 0 Å². The maximum absolute atomic E-state index is 11.6. The molecule has 0 fully saturated rings. The van der Waals surface area contributed by atoms with Gasteiger partial charge in [-0.2, -0.15) is 5.10 Å². The van der Waals surface area contributed by atoms with Crippen LogP contribution < -0.4 is 15.4 Å². The summed E-state index contributed by atoms with van der Waals surface area (Å²) in [5, 5.41) is 32.5. The summed E-state index contributed by atoms with van der Waals surface area (Å²) in [7, 11) is 0. The van der Waals surface area contributed by atoms with Crippen LogP contribution in [-0.4, -0.2) is 46.1 Å². The molecular weight excluding hydrogens is 386 g/mol. The summed E-state index contributed by atoms with van der Waals surface area (Å²) in [5.74, 6) is 0.755. The van der Waals surface area contributed by atoms with Crippen molar-refractivity contribution in [2.75, 3.05) is 31.6 Å². The number of nitrogens with zero attached hydrogens (tertiary/aromatic N) is 3. The molecule has 0 saturated carbocycles. The number of nitro groups is 1. The van der Waals surface area contributed by atoms with E-state index in [0.717, 1.165) is 40.7 Å². The van der Waals surface area contributed by atoms with Gasteiger partial charge in [0.1, 0.15) is 17.1 Å².